The number of aryl methyl sites for hydroxylation is 1. The molecule has 0 spiro atoms. The van der Waals surface area contributed by atoms with E-state index in [4.69, 9.17) is 4.74 Å². The number of hydrogen-bond acceptors (Lipinski definition) is 8. The number of rotatable bonds is 13. The van der Waals surface area contributed by atoms with Gasteiger partial charge in [0.25, 0.3) is 0 Å². The zero-order valence-electron chi connectivity index (χ0n) is 31.5. The van der Waals surface area contributed by atoms with Crippen molar-refractivity contribution in [2.24, 2.45) is 0 Å². The number of carbonyl (C=O) groups is 2. The Hall–Kier alpha value is -4.35. The van der Waals surface area contributed by atoms with E-state index in [1.807, 2.05) is 71.1 Å². The minimum Gasteiger partial charge on any atom is -0.444 e. The summed E-state index contributed by atoms with van der Waals surface area (Å²) < 4.78 is 20.8. The molecule has 0 radical (unpaired) electrons. The molecule has 276 valence electrons. The fourth-order valence-corrected chi connectivity index (χ4v) is 5.82. The largest absolute Gasteiger partial charge is 0.444 e. The van der Waals surface area contributed by atoms with Crippen LogP contribution in [0, 0.1) is 5.82 Å². The average molecular weight is 702 g/mol. The number of amides is 2. The standard InChI is InChI=1S/C40H56FN7O3/c1-8-10-11-12-13-32(26-29(3)42-37(49)18-19-47-24-22-46(7)23-25-47)43-36-28-35(33-27-30(9-2)14-15-34(33)41)44-45-38(36)31-16-20-48(21-17-31)39(50)51-40(4,5)6/h11-16,26-28H,8-10,17-25H2,1-7H3,(H,42,49)(H,43,44)/b12-11+,29-26+,32-13+. The number of anilines is 1. The fraction of sp³-hybridized carbons (Fsp3) is 0.500. The Bertz CT molecular complexity index is 1630. The number of aromatic nitrogens is 2. The van der Waals surface area contributed by atoms with Crippen LogP contribution >= 0.6 is 0 Å². The summed E-state index contributed by atoms with van der Waals surface area (Å²) in [5.74, 6) is -0.413. The Balaban J connectivity index is 1.64. The lowest BCUT2D eigenvalue weighted by Gasteiger charge is -2.32. The first-order valence-electron chi connectivity index (χ1n) is 18.2. The van der Waals surface area contributed by atoms with Crippen LogP contribution < -0.4 is 10.6 Å². The molecular formula is C40H56FN7O3. The molecule has 0 saturated carbocycles. The minimum atomic E-state index is -0.589. The Morgan fingerprint density at radius 1 is 1.06 bits per heavy atom. The van der Waals surface area contributed by atoms with Gasteiger partial charge in [0.2, 0.25) is 5.91 Å². The van der Waals surface area contributed by atoms with Crippen molar-refractivity contribution in [1.29, 1.82) is 0 Å². The molecule has 4 rings (SSSR count). The molecule has 0 unspecified atom stereocenters. The Morgan fingerprint density at radius 3 is 2.49 bits per heavy atom. The highest BCUT2D eigenvalue weighted by atomic mass is 19.1. The van der Waals surface area contributed by atoms with Crippen molar-refractivity contribution in [2.75, 3.05) is 58.2 Å². The van der Waals surface area contributed by atoms with Crippen molar-refractivity contribution in [3.05, 3.63) is 83.1 Å². The van der Waals surface area contributed by atoms with Crippen LogP contribution in [0.4, 0.5) is 14.9 Å². The third-order valence-electron chi connectivity index (χ3n) is 8.78. The maximum absolute atomic E-state index is 15.2. The Kier molecular flexibility index (Phi) is 14.5. The lowest BCUT2D eigenvalue weighted by Crippen LogP contribution is -2.45. The summed E-state index contributed by atoms with van der Waals surface area (Å²) in [6, 6.07) is 6.88. The van der Waals surface area contributed by atoms with Crippen molar-refractivity contribution in [1.82, 2.24) is 30.2 Å². The first-order valence-corrected chi connectivity index (χ1v) is 18.2. The molecule has 1 aromatic heterocycles. The molecule has 51 heavy (non-hydrogen) atoms. The van der Waals surface area contributed by atoms with Crippen molar-refractivity contribution in [2.45, 2.75) is 79.2 Å². The number of unbranched alkanes of at least 4 members (excludes halogenated alkanes) is 1. The summed E-state index contributed by atoms with van der Waals surface area (Å²) in [5.41, 5.74) is 4.75. The fourth-order valence-electron chi connectivity index (χ4n) is 5.82. The minimum absolute atomic E-state index is 0.0368. The van der Waals surface area contributed by atoms with E-state index in [0.717, 1.165) is 63.1 Å². The number of benzene rings is 1. The summed E-state index contributed by atoms with van der Waals surface area (Å²) in [7, 11) is 2.12. The molecular weight excluding hydrogens is 645 g/mol. The number of carbonyl (C=O) groups excluding carboxylic acids is 2. The van der Waals surface area contributed by atoms with E-state index in [1.165, 1.54) is 6.07 Å². The highest BCUT2D eigenvalue weighted by molar-refractivity contribution is 5.80. The van der Waals surface area contributed by atoms with Gasteiger partial charge in [-0.25, -0.2) is 9.18 Å². The van der Waals surface area contributed by atoms with E-state index in [9.17, 15) is 9.59 Å². The van der Waals surface area contributed by atoms with Crippen LogP contribution in [0.3, 0.4) is 0 Å². The molecule has 2 N–H and O–H groups in total. The van der Waals surface area contributed by atoms with Gasteiger partial charge in [0.1, 0.15) is 17.1 Å². The lowest BCUT2D eigenvalue weighted by molar-refractivity contribution is -0.120. The SMILES string of the molecule is CCC/C=C/C=C(\C=C(/C)NC(=O)CCN1CCN(C)CC1)Nc1cc(-c2cc(CC)ccc2F)nnc1C1=CCN(C(=O)OC(C)(C)C)CC1. The van der Waals surface area contributed by atoms with Gasteiger partial charge in [0.15, 0.2) is 0 Å². The summed E-state index contributed by atoms with van der Waals surface area (Å²) in [4.78, 5) is 32.0. The van der Waals surface area contributed by atoms with E-state index in [0.29, 0.717) is 60.0 Å². The molecule has 0 atom stereocenters. The number of nitrogens with one attached hydrogen (secondary N) is 2. The maximum Gasteiger partial charge on any atom is 0.410 e. The number of nitrogens with zero attached hydrogens (tertiary/aromatic N) is 5. The van der Waals surface area contributed by atoms with Gasteiger partial charge in [-0.05, 0) is 95.5 Å². The first-order chi connectivity index (χ1) is 24.3. The molecule has 11 heteroatoms. The van der Waals surface area contributed by atoms with Crippen molar-refractivity contribution >= 4 is 23.3 Å². The molecule has 10 nitrogen and oxygen atoms in total. The van der Waals surface area contributed by atoms with Crippen LogP contribution in [-0.4, -0.2) is 95.4 Å². The number of likely N-dealkylation sites (N-methyl/N-ethyl adjacent to an activating group) is 1. The molecule has 1 fully saturated rings. The van der Waals surface area contributed by atoms with E-state index in [2.05, 4.69) is 50.7 Å². The topological polar surface area (TPSA) is 103 Å². The van der Waals surface area contributed by atoms with Crippen LogP contribution in [-0.2, 0) is 16.0 Å². The van der Waals surface area contributed by atoms with Crippen molar-refractivity contribution in [3.63, 3.8) is 0 Å². The van der Waals surface area contributed by atoms with Crippen LogP contribution in [0.15, 0.2) is 66.0 Å². The third-order valence-corrected chi connectivity index (χ3v) is 8.78. The number of allylic oxidation sites excluding steroid dienone is 5. The summed E-state index contributed by atoms with van der Waals surface area (Å²) in [5, 5.41) is 15.7. The van der Waals surface area contributed by atoms with Gasteiger partial charge in [-0.2, -0.15) is 0 Å². The smallest absolute Gasteiger partial charge is 0.410 e. The normalized spacial score (nSPS) is 16.7. The number of ether oxygens (including phenoxy) is 1. The van der Waals surface area contributed by atoms with Crippen LogP contribution in [0.5, 0.6) is 0 Å². The predicted octanol–water partition coefficient (Wildman–Crippen LogP) is 7.18. The molecule has 1 aromatic carbocycles. The van der Waals surface area contributed by atoms with Gasteiger partial charge in [0.05, 0.1) is 11.4 Å². The molecule has 0 aliphatic carbocycles. The van der Waals surface area contributed by atoms with E-state index in [1.54, 1.807) is 11.0 Å². The summed E-state index contributed by atoms with van der Waals surface area (Å²) >= 11 is 0. The monoisotopic (exact) mass is 701 g/mol. The van der Waals surface area contributed by atoms with E-state index in [-0.39, 0.29) is 17.8 Å². The average Bonchev–Trinajstić information content (AvgIpc) is 3.09. The Labute approximate surface area is 303 Å². The summed E-state index contributed by atoms with van der Waals surface area (Å²) in [6.45, 7) is 17.1. The second-order valence-corrected chi connectivity index (χ2v) is 14.3. The Morgan fingerprint density at radius 2 is 1.82 bits per heavy atom. The van der Waals surface area contributed by atoms with Crippen LogP contribution in [0.2, 0.25) is 0 Å². The highest BCUT2D eigenvalue weighted by Crippen LogP contribution is 2.32. The zero-order valence-corrected chi connectivity index (χ0v) is 31.5. The van der Waals surface area contributed by atoms with E-state index < -0.39 is 5.60 Å². The number of hydrogen-bond donors (Lipinski definition) is 2. The van der Waals surface area contributed by atoms with Crippen LogP contribution in [0.1, 0.15) is 78.5 Å². The molecule has 2 aliphatic rings. The van der Waals surface area contributed by atoms with Crippen LogP contribution in [0.25, 0.3) is 16.8 Å². The summed E-state index contributed by atoms with van der Waals surface area (Å²) in [6.07, 6.45) is 13.2. The van der Waals surface area contributed by atoms with Gasteiger partial charge in [-0.3, -0.25) is 4.79 Å². The van der Waals surface area contributed by atoms with E-state index >= 15 is 4.39 Å². The van der Waals surface area contributed by atoms with Crippen molar-refractivity contribution < 1.29 is 18.7 Å². The second kappa shape index (κ2) is 18.8. The van der Waals surface area contributed by atoms with Gasteiger partial charge < -0.3 is 30.1 Å². The molecule has 2 amide bonds. The lowest BCUT2D eigenvalue weighted by atomic mass is 10.0. The van der Waals surface area contributed by atoms with Gasteiger partial charge in [-0.15, -0.1) is 10.2 Å². The quantitative estimate of drug-likeness (QED) is 0.212. The van der Waals surface area contributed by atoms with Gasteiger partial charge >= 0.3 is 6.09 Å². The van der Waals surface area contributed by atoms with Crippen molar-refractivity contribution in [3.8, 4) is 11.3 Å². The van der Waals surface area contributed by atoms with Gasteiger partial charge in [-0.1, -0.05) is 44.6 Å². The third kappa shape index (κ3) is 12.4. The number of piperazine rings is 1. The molecule has 2 aliphatic heterocycles. The molecule has 0 bridgehead atoms. The van der Waals surface area contributed by atoms with Gasteiger partial charge in [0, 0.05) is 69.2 Å². The first kappa shape index (κ1) is 39.4. The molecule has 1 saturated heterocycles. The molecule has 2 aromatic rings. The second-order valence-electron chi connectivity index (χ2n) is 14.3. The predicted molar refractivity (Wildman–Crippen MR) is 203 cm³/mol. The number of halogens is 1. The zero-order chi connectivity index (χ0) is 37.0. The highest BCUT2D eigenvalue weighted by Gasteiger charge is 2.26. The molecule has 3 heterocycles. The maximum atomic E-state index is 15.2.